The van der Waals surface area contributed by atoms with E-state index < -0.39 is 6.10 Å². The van der Waals surface area contributed by atoms with Crippen LogP contribution in [0.5, 0.6) is 5.75 Å². The maximum Gasteiger partial charge on any atom is 0.260 e. The molecule has 0 bridgehead atoms. The van der Waals surface area contributed by atoms with Crippen molar-refractivity contribution in [1.29, 1.82) is 0 Å². The predicted octanol–water partition coefficient (Wildman–Crippen LogP) is 3.22. The maximum atomic E-state index is 12.0. The van der Waals surface area contributed by atoms with Gasteiger partial charge in [-0.15, -0.1) is 0 Å². The second-order valence-electron chi connectivity index (χ2n) is 4.58. The molecule has 0 fully saturated rings. The molecule has 0 aliphatic carbocycles. The summed E-state index contributed by atoms with van der Waals surface area (Å²) in [6.45, 7) is 5.69. The van der Waals surface area contributed by atoms with Crippen LogP contribution in [-0.4, -0.2) is 24.3 Å². The summed E-state index contributed by atoms with van der Waals surface area (Å²) in [5.74, 6) is 0.169. The number of halogens is 1. The summed E-state index contributed by atoms with van der Waals surface area (Å²) in [5.41, 5.74) is 0.333. The Morgan fingerprint density at radius 1 is 1.40 bits per heavy atom. The lowest BCUT2D eigenvalue weighted by atomic mass is 10.1. The summed E-state index contributed by atoms with van der Waals surface area (Å²) in [6, 6.07) is 4.86. The first-order chi connectivity index (χ1) is 9.51. The second kappa shape index (κ2) is 7.90. The summed E-state index contributed by atoms with van der Waals surface area (Å²) in [5, 5.41) is 3.36. The average Bonchev–Trinajstić information content (AvgIpc) is 2.45. The van der Waals surface area contributed by atoms with Gasteiger partial charge < -0.3 is 10.1 Å². The maximum absolute atomic E-state index is 12.0. The molecule has 0 aliphatic rings. The Labute approximate surface area is 124 Å². The topological polar surface area (TPSA) is 55.4 Å². The number of ether oxygens (including phenoxy) is 1. The van der Waals surface area contributed by atoms with Crippen LogP contribution in [0.15, 0.2) is 18.2 Å². The van der Waals surface area contributed by atoms with E-state index >= 15 is 0 Å². The highest BCUT2D eigenvalue weighted by Crippen LogP contribution is 2.22. The third-order valence-electron chi connectivity index (χ3n) is 3.10. The van der Waals surface area contributed by atoms with Crippen molar-refractivity contribution in [3.63, 3.8) is 0 Å². The number of hydrogen-bond donors (Lipinski definition) is 1. The summed E-state index contributed by atoms with van der Waals surface area (Å²) in [4.78, 5) is 23.0. The van der Waals surface area contributed by atoms with Gasteiger partial charge in [0.2, 0.25) is 0 Å². The Hall–Kier alpha value is -1.55. The summed E-state index contributed by atoms with van der Waals surface area (Å²) in [7, 11) is 0. The zero-order valence-electron chi connectivity index (χ0n) is 12.0. The van der Waals surface area contributed by atoms with Crippen molar-refractivity contribution in [1.82, 2.24) is 5.32 Å². The lowest BCUT2D eigenvalue weighted by molar-refractivity contribution is -0.128. The lowest BCUT2D eigenvalue weighted by Crippen LogP contribution is -2.42. The van der Waals surface area contributed by atoms with Gasteiger partial charge in [0.25, 0.3) is 5.91 Å². The van der Waals surface area contributed by atoms with E-state index in [1.54, 1.807) is 19.1 Å². The van der Waals surface area contributed by atoms with Crippen molar-refractivity contribution in [2.75, 3.05) is 0 Å². The first-order valence-electron chi connectivity index (χ1n) is 6.73. The third kappa shape index (κ3) is 4.53. The molecule has 0 spiro atoms. The molecule has 110 valence electrons. The Morgan fingerprint density at radius 3 is 2.60 bits per heavy atom. The van der Waals surface area contributed by atoms with Crippen molar-refractivity contribution in [2.45, 2.75) is 45.8 Å². The molecule has 1 aromatic carbocycles. The number of hydrogen-bond acceptors (Lipinski definition) is 3. The molecule has 0 aliphatic heterocycles. The minimum Gasteiger partial charge on any atom is -0.480 e. The normalized spacial score (nSPS) is 12.1. The molecule has 0 saturated heterocycles. The predicted molar refractivity (Wildman–Crippen MR) is 79.4 cm³/mol. The Bertz CT molecular complexity index is 472. The SMILES string of the molecule is CCC(CC)NC(=O)C(C)Oc1ccc(Cl)cc1C=O. The van der Waals surface area contributed by atoms with Crippen LogP contribution in [0.3, 0.4) is 0 Å². The molecule has 0 aromatic heterocycles. The van der Waals surface area contributed by atoms with Gasteiger partial charge in [0.15, 0.2) is 12.4 Å². The molecule has 0 saturated carbocycles. The number of amides is 1. The van der Waals surface area contributed by atoms with Crippen LogP contribution in [-0.2, 0) is 4.79 Å². The number of carbonyl (C=O) groups excluding carboxylic acids is 2. The van der Waals surface area contributed by atoms with Gasteiger partial charge in [-0.2, -0.15) is 0 Å². The van der Waals surface area contributed by atoms with Crippen molar-refractivity contribution in [3.8, 4) is 5.75 Å². The Balaban J connectivity index is 2.72. The molecule has 1 aromatic rings. The molecule has 0 radical (unpaired) electrons. The van der Waals surface area contributed by atoms with Crippen molar-refractivity contribution in [3.05, 3.63) is 28.8 Å². The Morgan fingerprint density at radius 2 is 2.05 bits per heavy atom. The third-order valence-corrected chi connectivity index (χ3v) is 3.34. The van der Waals surface area contributed by atoms with Crippen LogP contribution in [0.4, 0.5) is 0 Å². The number of aldehydes is 1. The van der Waals surface area contributed by atoms with Crippen LogP contribution >= 0.6 is 11.6 Å². The lowest BCUT2D eigenvalue weighted by Gasteiger charge is -2.20. The molecule has 0 heterocycles. The zero-order chi connectivity index (χ0) is 15.1. The number of rotatable bonds is 7. The highest BCUT2D eigenvalue weighted by molar-refractivity contribution is 6.30. The van der Waals surface area contributed by atoms with Crippen molar-refractivity contribution < 1.29 is 14.3 Å². The van der Waals surface area contributed by atoms with E-state index in [-0.39, 0.29) is 11.9 Å². The molecular formula is C15H20ClNO3. The number of nitrogens with one attached hydrogen (secondary N) is 1. The molecule has 4 nitrogen and oxygen atoms in total. The van der Waals surface area contributed by atoms with Gasteiger partial charge >= 0.3 is 0 Å². The van der Waals surface area contributed by atoms with E-state index in [2.05, 4.69) is 5.32 Å². The quantitative estimate of drug-likeness (QED) is 0.786. The highest BCUT2D eigenvalue weighted by atomic mass is 35.5. The van der Waals surface area contributed by atoms with E-state index in [0.717, 1.165) is 12.8 Å². The fourth-order valence-corrected chi connectivity index (χ4v) is 1.95. The minimum atomic E-state index is -0.671. The summed E-state index contributed by atoms with van der Waals surface area (Å²) in [6.07, 6.45) is 1.73. The number of benzene rings is 1. The van der Waals surface area contributed by atoms with Crippen molar-refractivity contribution >= 4 is 23.8 Å². The van der Waals surface area contributed by atoms with E-state index in [9.17, 15) is 9.59 Å². The van der Waals surface area contributed by atoms with Gasteiger partial charge in [0.1, 0.15) is 5.75 Å². The molecule has 1 unspecified atom stereocenters. The van der Waals surface area contributed by atoms with Crippen LogP contribution < -0.4 is 10.1 Å². The molecule has 5 heteroatoms. The monoisotopic (exact) mass is 297 g/mol. The van der Waals surface area contributed by atoms with Gasteiger partial charge in [-0.1, -0.05) is 25.4 Å². The Kier molecular flexibility index (Phi) is 6.52. The molecule has 1 atom stereocenters. The highest BCUT2D eigenvalue weighted by Gasteiger charge is 2.18. The first kappa shape index (κ1) is 16.5. The fourth-order valence-electron chi connectivity index (χ4n) is 1.77. The standard InChI is InChI=1S/C15H20ClNO3/c1-4-13(5-2)17-15(19)10(3)20-14-7-6-12(16)8-11(14)9-18/h6-10,13H,4-5H2,1-3H3,(H,17,19). The van der Waals surface area contributed by atoms with Crippen LogP contribution in [0.25, 0.3) is 0 Å². The first-order valence-corrected chi connectivity index (χ1v) is 7.11. The summed E-state index contributed by atoms with van der Waals surface area (Å²) < 4.78 is 5.54. The molecule has 20 heavy (non-hydrogen) atoms. The molecule has 1 rings (SSSR count). The smallest absolute Gasteiger partial charge is 0.260 e. The molecule has 1 N–H and O–H groups in total. The largest absolute Gasteiger partial charge is 0.480 e. The van der Waals surface area contributed by atoms with Gasteiger partial charge in [0.05, 0.1) is 5.56 Å². The van der Waals surface area contributed by atoms with E-state index in [0.29, 0.717) is 22.6 Å². The second-order valence-corrected chi connectivity index (χ2v) is 5.02. The van der Waals surface area contributed by atoms with Gasteiger partial charge in [-0.25, -0.2) is 0 Å². The van der Waals surface area contributed by atoms with Gasteiger partial charge in [-0.05, 0) is 38.0 Å². The van der Waals surface area contributed by atoms with Crippen LogP contribution in [0.2, 0.25) is 5.02 Å². The fraction of sp³-hybridized carbons (Fsp3) is 0.467. The zero-order valence-corrected chi connectivity index (χ0v) is 12.7. The van der Waals surface area contributed by atoms with Crippen molar-refractivity contribution in [2.24, 2.45) is 0 Å². The van der Waals surface area contributed by atoms with Gasteiger partial charge in [0, 0.05) is 11.1 Å². The van der Waals surface area contributed by atoms with E-state index in [4.69, 9.17) is 16.3 Å². The molecule has 1 amide bonds. The van der Waals surface area contributed by atoms with Crippen LogP contribution in [0.1, 0.15) is 44.0 Å². The van der Waals surface area contributed by atoms with E-state index in [1.165, 1.54) is 6.07 Å². The summed E-state index contributed by atoms with van der Waals surface area (Å²) >= 11 is 5.81. The average molecular weight is 298 g/mol. The minimum absolute atomic E-state index is 0.143. The van der Waals surface area contributed by atoms with Crippen LogP contribution in [0, 0.1) is 0 Å². The number of carbonyl (C=O) groups is 2. The van der Waals surface area contributed by atoms with E-state index in [1.807, 2.05) is 13.8 Å². The molecular weight excluding hydrogens is 278 g/mol. The van der Waals surface area contributed by atoms with Gasteiger partial charge in [-0.3, -0.25) is 9.59 Å².